The number of methoxy groups -OCH3 is 2. The summed E-state index contributed by atoms with van der Waals surface area (Å²) in [6.45, 7) is 10.9. The number of nitrogens with one attached hydrogen (secondary N) is 5. The number of imidazole rings is 3. The minimum absolute atomic E-state index is 0.112. The fraction of sp³-hybridized carbons (Fsp3) is 0.500. The second-order valence-electron chi connectivity index (χ2n) is 18.5. The van der Waals surface area contributed by atoms with E-state index in [0.29, 0.717) is 24.9 Å². The summed E-state index contributed by atoms with van der Waals surface area (Å²) in [5.74, 6) is 2.57. The van der Waals surface area contributed by atoms with Gasteiger partial charge in [-0.1, -0.05) is 58.0 Å². The van der Waals surface area contributed by atoms with Crippen LogP contribution < -0.4 is 10.6 Å². The SMILES string of the molecule is COC(=O)N[C@H](C(=O)N1C[C@H]2CCC1(c1ncc(-c3ccc(-c4ccc(-c5cnc([C@]67CC[C@H](CN6C(=O)[C@@H](NC(=O)OC)C(C)C)C7)[nH]5)c5nc(C)[nH]c45)cc3)[nH]1)C2)C(C)C. The lowest BCUT2D eigenvalue weighted by molar-refractivity contribution is -0.141. The van der Waals surface area contributed by atoms with Crippen molar-refractivity contribution in [3.63, 3.8) is 0 Å². The molecular weight excluding hydrogens is 789 g/mol. The van der Waals surface area contributed by atoms with Gasteiger partial charge in [-0.25, -0.2) is 24.5 Å². The van der Waals surface area contributed by atoms with Gasteiger partial charge in [-0.2, -0.15) is 0 Å². The van der Waals surface area contributed by atoms with Gasteiger partial charge in [0.2, 0.25) is 11.8 Å². The lowest BCUT2D eigenvalue weighted by Crippen LogP contribution is -2.56. The van der Waals surface area contributed by atoms with Gasteiger partial charge >= 0.3 is 12.2 Å². The first kappa shape index (κ1) is 41.2. The van der Waals surface area contributed by atoms with Crippen molar-refractivity contribution in [2.75, 3.05) is 27.3 Å². The third-order valence-electron chi connectivity index (χ3n) is 14.0. The molecule has 0 spiro atoms. The van der Waals surface area contributed by atoms with Crippen LogP contribution in [0.4, 0.5) is 9.59 Å². The summed E-state index contributed by atoms with van der Waals surface area (Å²) in [5.41, 5.74) is 6.12. The van der Waals surface area contributed by atoms with E-state index in [-0.39, 0.29) is 23.7 Å². The zero-order valence-electron chi connectivity index (χ0n) is 36.4. The predicted octanol–water partition coefficient (Wildman–Crippen LogP) is 6.75. The molecule has 2 aliphatic heterocycles. The maximum absolute atomic E-state index is 14.1. The van der Waals surface area contributed by atoms with Crippen LogP contribution in [0.2, 0.25) is 0 Å². The van der Waals surface area contributed by atoms with Crippen molar-refractivity contribution in [2.24, 2.45) is 23.7 Å². The lowest BCUT2D eigenvalue weighted by atomic mass is 9.93. The fourth-order valence-electron chi connectivity index (χ4n) is 10.8. The average molecular weight is 845 g/mol. The Hall–Kier alpha value is -6.19. The first-order valence-corrected chi connectivity index (χ1v) is 21.8. The number of nitrogens with zero attached hydrogens (tertiary/aromatic N) is 5. The molecule has 2 aliphatic carbocycles. The summed E-state index contributed by atoms with van der Waals surface area (Å²) in [6.07, 6.45) is 7.71. The van der Waals surface area contributed by atoms with Crippen LogP contribution in [0.25, 0.3) is 44.7 Å². The number of hydrogen-bond donors (Lipinski definition) is 5. The average Bonchev–Trinajstić information content (AvgIpc) is 4.13. The molecule has 4 aliphatic rings. The molecule has 16 heteroatoms. The highest BCUT2D eigenvalue weighted by Gasteiger charge is 2.58. The zero-order valence-corrected chi connectivity index (χ0v) is 36.4. The number of rotatable bonds is 11. The summed E-state index contributed by atoms with van der Waals surface area (Å²) < 4.78 is 9.68. The summed E-state index contributed by atoms with van der Waals surface area (Å²) in [5, 5.41) is 5.52. The molecule has 4 bridgehead atoms. The van der Waals surface area contributed by atoms with Gasteiger partial charge in [-0.05, 0) is 86.3 Å². The molecular formula is C46H56N10O6. The van der Waals surface area contributed by atoms with Gasteiger partial charge in [0.25, 0.3) is 0 Å². The van der Waals surface area contributed by atoms with E-state index in [9.17, 15) is 19.2 Å². The molecule has 9 rings (SSSR count). The number of aromatic amines is 3. The highest BCUT2D eigenvalue weighted by molar-refractivity contribution is 6.00. The number of piperidine rings is 2. The Bertz CT molecular complexity index is 2540. The Morgan fingerprint density at radius 2 is 1.18 bits per heavy atom. The molecule has 16 nitrogen and oxygen atoms in total. The molecule has 1 unspecified atom stereocenters. The van der Waals surface area contributed by atoms with Crippen molar-refractivity contribution < 1.29 is 28.7 Å². The van der Waals surface area contributed by atoms with Crippen molar-refractivity contribution in [1.82, 2.24) is 50.3 Å². The van der Waals surface area contributed by atoms with Gasteiger partial charge in [0.15, 0.2) is 0 Å². The number of H-pyrrole nitrogens is 3. The van der Waals surface area contributed by atoms with E-state index in [4.69, 9.17) is 24.4 Å². The third kappa shape index (κ3) is 6.78. The summed E-state index contributed by atoms with van der Waals surface area (Å²) in [4.78, 5) is 81.8. The second kappa shape index (κ2) is 15.6. The lowest BCUT2D eigenvalue weighted by Gasteiger charge is -2.40. The second-order valence-corrected chi connectivity index (χ2v) is 18.5. The van der Waals surface area contributed by atoms with E-state index in [1.165, 1.54) is 14.2 Å². The standard InChI is InChI=1S/C46H56N10O6/c1-24(2)35(53-43(59)61-6)39(57)55-22-27-14-16-45(55,18-27)41-47-20-33(51-41)30-10-8-29(9-11-30)31-12-13-32(38-37(31)49-26(5)50-38)34-21-48-42(52-34)46-17-15-28(19-46)23-56(46)40(58)36(25(3)4)54-44(60)62-7/h8-13,20-21,24-25,27-28,35-36H,14-19,22-23H2,1-7H3,(H,47,51)(H,48,52)(H,49,50)(H,53,59)(H,54,60)/t27-,28-,35-,36-,45?,46+/m0/s1. The monoisotopic (exact) mass is 844 g/mol. The Labute approximate surface area is 360 Å². The summed E-state index contributed by atoms with van der Waals surface area (Å²) in [6, 6.07) is 11.1. The number of hydrogen-bond acceptors (Lipinski definition) is 9. The van der Waals surface area contributed by atoms with Crippen LogP contribution in [0, 0.1) is 30.6 Å². The summed E-state index contributed by atoms with van der Waals surface area (Å²) >= 11 is 0. The van der Waals surface area contributed by atoms with Gasteiger partial charge in [0.1, 0.15) is 40.6 Å². The number of ether oxygens (including phenoxy) is 2. The summed E-state index contributed by atoms with van der Waals surface area (Å²) in [7, 11) is 2.61. The number of benzene rings is 2. The number of aromatic nitrogens is 6. The molecule has 326 valence electrons. The molecule has 3 aromatic heterocycles. The van der Waals surface area contributed by atoms with Crippen LogP contribution in [0.15, 0.2) is 48.8 Å². The maximum Gasteiger partial charge on any atom is 0.407 e. The molecule has 4 fully saturated rings. The van der Waals surface area contributed by atoms with Crippen molar-refractivity contribution in [3.8, 4) is 33.6 Å². The smallest absolute Gasteiger partial charge is 0.407 e. The molecule has 2 aromatic carbocycles. The van der Waals surface area contributed by atoms with Gasteiger partial charge in [0, 0.05) is 24.2 Å². The minimum Gasteiger partial charge on any atom is -0.453 e. The Kier molecular flexibility index (Phi) is 10.4. The van der Waals surface area contributed by atoms with E-state index in [1.54, 1.807) is 0 Å². The van der Waals surface area contributed by atoms with Crippen LogP contribution >= 0.6 is 0 Å². The predicted molar refractivity (Wildman–Crippen MR) is 231 cm³/mol. The normalized spacial score (nSPS) is 23.7. The van der Waals surface area contributed by atoms with Crippen LogP contribution in [0.3, 0.4) is 0 Å². The van der Waals surface area contributed by atoms with Crippen LogP contribution in [0.1, 0.15) is 83.7 Å². The molecule has 62 heavy (non-hydrogen) atoms. The van der Waals surface area contributed by atoms with E-state index in [2.05, 4.69) is 62.0 Å². The van der Waals surface area contributed by atoms with E-state index in [0.717, 1.165) is 101 Å². The molecule has 2 saturated carbocycles. The Morgan fingerprint density at radius 1 is 0.694 bits per heavy atom. The number of alkyl carbamates (subject to hydrolysis) is 2. The van der Waals surface area contributed by atoms with Crippen LogP contribution in [-0.4, -0.2) is 103 Å². The van der Waals surface area contributed by atoms with Gasteiger partial charge in [-0.15, -0.1) is 0 Å². The highest BCUT2D eigenvalue weighted by Crippen LogP contribution is 2.54. The number of aryl methyl sites for hydroxylation is 1. The Balaban J connectivity index is 0.965. The molecule has 5 aromatic rings. The van der Waals surface area contributed by atoms with Crippen molar-refractivity contribution in [2.45, 2.75) is 96.3 Å². The molecule has 4 amide bonds. The number of carbonyl (C=O) groups is 4. The third-order valence-corrected chi connectivity index (χ3v) is 14.0. The van der Waals surface area contributed by atoms with Gasteiger partial charge < -0.3 is 44.9 Å². The quantitative estimate of drug-likeness (QED) is 0.0953. The van der Waals surface area contributed by atoms with Gasteiger partial charge in [-0.3, -0.25) is 9.59 Å². The van der Waals surface area contributed by atoms with Crippen LogP contribution in [-0.2, 0) is 30.1 Å². The molecule has 5 heterocycles. The molecule has 5 N–H and O–H groups in total. The van der Waals surface area contributed by atoms with E-state index < -0.39 is 35.3 Å². The number of fused-ring (bicyclic) bond motifs is 5. The zero-order chi connectivity index (χ0) is 43.7. The van der Waals surface area contributed by atoms with Gasteiger partial charge in [0.05, 0.1) is 49.0 Å². The fourth-order valence-corrected chi connectivity index (χ4v) is 10.8. The maximum atomic E-state index is 14.1. The minimum atomic E-state index is -0.713. The number of carbonyl (C=O) groups excluding carboxylic acids is 4. The van der Waals surface area contributed by atoms with E-state index in [1.807, 2.05) is 56.8 Å². The highest BCUT2D eigenvalue weighted by atomic mass is 16.5. The van der Waals surface area contributed by atoms with E-state index >= 15 is 0 Å². The largest absolute Gasteiger partial charge is 0.453 e. The van der Waals surface area contributed by atoms with Crippen molar-refractivity contribution in [3.05, 3.63) is 66.3 Å². The molecule has 0 radical (unpaired) electrons. The topological polar surface area (TPSA) is 203 Å². The van der Waals surface area contributed by atoms with Crippen molar-refractivity contribution >= 4 is 35.0 Å². The number of amides is 4. The first-order valence-electron chi connectivity index (χ1n) is 21.8. The van der Waals surface area contributed by atoms with Crippen molar-refractivity contribution in [1.29, 1.82) is 0 Å². The molecule has 6 atom stereocenters. The molecule has 2 saturated heterocycles. The first-order chi connectivity index (χ1) is 29.7. The Morgan fingerprint density at radius 3 is 1.68 bits per heavy atom. The van der Waals surface area contributed by atoms with Crippen LogP contribution in [0.5, 0.6) is 0 Å². The number of likely N-dealkylation sites (tertiary alicyclic amines) is 2.